The first-order chi connectivity index (χ1) is 7.52. The van der Waals surface area contributed by atoms with Crippen molar-refractivity contribution in [2.75, 3.05) is 0 Å². The third kappa shape index (κ3) is 3.50. The highest BCUT2D eigenvalue weighted by Gasteiger charge is 2.13. The molecule has 0 fully saturated rings. The number of nitrogens with one attached hydrogen (secondary N) is 1. The summed E-state index contributed by atoms with van der Waals surface area (Å²) in [4.78, 5) is 15.7. The van der Waals surface area contributed by atoms with Crippen molar-refractivity contribution >= 4 is 23.1 Å². The first-order valence-corrected chi connectivity index (χ1v) is 5.58. The van der Waals surface area contributed by atoms with Gasteiger partial charge < -0.3 is 16.3 Å². The van der Waals surface area contributed by atoms with Crippen LogP contribution in [0.4, 0.5) is 0 Å². The van der Waals surface area contributed by atoms with Gasteiger partial charge in [0.25, 0.3) is 0 Å². The van der Waals surface area contributed by atoms with E-state index in [1.165, 1.54) is 11.3 Å². The zero-order valence-electron chi connectivity index (χ0n) is 9.10. The average molecular weight is 242 g/mol. The van der Waals surface area contributed by atoms with E-state index in [1.54, 1.807) is 0 Å². The summed E-state index contributed by atoms with van der Waals surface area (Å²) in [6, 6.07) is -0.169. The van der Waals surface area contributed by atoms with Gasteiger partial charge in [-0.2, -0.15) is 0 Å². The number of aromatic nitrogens is 1. The fraction of sp³-hybridized carbons (Fsp3) is 0.444. The fourth-order valence-electron chi connectivity index (χ4n) is 1.13. The predicted octanol–water partition coefficient (Wildman–Crippen LogP) is 0.765. The molecule has 1 heterocycles. The van der Waals surface area contributed by atoms with Gasteiger partial charge in [0, 0.05) is 11.1 Å². The molecule has 7 heteroatoms. The molecule has 0 saturated heterocycles. The van der Waals surface area contributed by atoms with Crippen LogP contribution in [-0.2, 0) is 4.79 Å². The van der Waals surface area contributed by atoms with Gasteiger partial charge in [-0.15, -0.1) is 11.3 Å². The molecule has 1 unspecified atom stereocenters. The van der Waals surface area contributed by atoms with Crippen molar-refractivity contribution < 1.29 is 10.0 Å². The smallest absolute Gasteiger partial charge is 0.228 e. The molecule has 1 aromatic heterocycles. The highest BCUT2D eigenvalue weighted by atomic mass is 32.1. The second-order valence-corrected chi connectivity index (χ2v) is 4.27. The molecule has 0 radical (unpaired) electrons. The van der Waals surface area contributed by atoms with Crippen molar-refractivity contribution in [2.45, 2.75) is 26.3 Å². The van der Waals surface area contributed by atoms with Crippen molar-refractivity contribution in [3.63, 3.8) is 0 Å². The van der Waals surface area contributed by atoms with Gasteiger partial charge in [0.2, 0.25) is 5.91 Å². The van der Waals surface area contributed by atoms with Crippen LogP contribution in [0.1, 0.15) is 30.1 Å². The first-order valence-electron chi connectivity index (χ1n) is 4.70. The lowest BCUT2D eigenvalue weighted by atomic mass is 10.3. The molecule has 0 aliphatic heterocycles. The number of amidine groups is 1. The first kappa shape index (κ1) is 12.4. The van der Waals surface area contributed by atoms with Gasteiger partial charge in [0.05, 0.1) is 12.5 Å². The minimum atomic E-state index is -0.296. The Bertz CT molecular complexity index is 402. The summed E-state index contributed by atoms with van der Waals surface area (Å²) in [5.74, 6) is -0.407. The van der Waals surface area contributed by atoms with Crippen molar-refractivity contribution in [1.82, 2.24) is 10.3 Å². The molecule has 0 saturated carbocycles. The summed E-state index contributed by atoms with van der Waals surface area (Å²) in [5, 5.41) is 16.5. The highest BCUT2D eigenvalue weighted by molar-refractivity contribution is 7.09. The lowest BCUT2D eigenvalue weighted by Gasteiger charge is -2.10. The maximum atomic E-state index is 11.4. The number of nitrogens with two attached hydrogens (primary N) is 1. The summed E-state index contributed by atoms with van der Waals surface area (Å²) >= 11 is 1.49. The number of oxime groups is 1. The molecule has 1 aromatic rings. The van der Waals surface area contributed by atoms with Crippen LogP contribution in [0.5, 0.6) is 0 Å². The lowest BCUT2D eigenvalue weighted by molar-refractivity contribution is -0.120. The molecular formula is C9H14N4O2S. The number of carbonyl (C=O) groups excluding carboxylic acids is 1. The number of hydrogen-bond donors (Lipinski definition) is 3. The summed E-state index contributed by atoms with van der Waals surface area (Å²) in [7, 11) is 0. The molecule has 0 aliphatic rings. The van der Waals surface area contributed by atoms with Gasteiger partial charge in [-0.25, -0.2) is 4.98 Å². The number of carbonyl (C=O) groups is 1. The molecule has 4 N–H and O–H groups in total. The van der Waals surface area contributed by atoms with Crippen LogP contribution in [0.3, 0.4) is 0 Å². The number of aryl methyl sites for hydroxylation is 1. The third-order valence-corrected chi connectivity index (χ3v) is 3.00. The maximum absolute atomic E-state index is 11.4. The number of rotatable bonds is 4. The Kier molecular flexibility index (Phi) is 4.24. The van der Waals surface area contributed by atoms with Crippen molar-refractivity contribution in [3.05, 3.63) is 16.1 Å². The molecule has 0 bridgehead atoms. The molecule has 6 nitrogen and oxygen atoms in total. The van der Waals surface area contributed by atoms with Gasteiger partial charge >= 0.3 is 0 Å². The lowest BCUT2D eigenvalue weighted by Crippen LogP contribution is -2.30. The van der Waals surface area contributed by atoms with E-state index in [1.807, 2.05) is 19.2 Å². The molecule has 1 amide bonds. The Hall–Kier alpha value is -1.63. The molecule has 16 heavy (non-hydrogen) atoms. The Morgan fingerprint density at radius 3 is 3.00 bits per heavy atom. The Balaban J connectivity index is 2.51. The number of nitrogens with zero attached hydrogens (tertiary/aromatic N) is 2. The monoisotopic (exact) mass is 242 g/mol. The summed E-state index contributed by atoms with van der Waals surface area (Å²) in [5.41, 5.74) is 6.15. The largest absolute Gasteiger partial charge is 0.409 e. The average Bonchev–Trinajstić information content (AvgIpc) is 2.64. The number of thiazole rings is 1. The van der Waals surface area contributed by atoms with Crippen LogP contribution in [0.25, 0.3) is 0 Å². The fourth-order valence-corrected chi connectivity index (χ4v) is 1.93. The molecule has 1 atom stereocenters. The van der Waals surface area contributed by atoms with E-state index < -0.39 is 0 Å². The van der Waals surface area contributed by atoms with Crippen LogP contribution < -0.4 is 11.1 Å². The molecule has 1 rings (SSSR count). The second kappa shape index (κ2) is 5.45. The van der Waals surface area contributed by atoms with E-state index in [2.05, 4.69) is 15.5 Å². The number of hydrogen-bond acceptors (Lipinski definition) is 5. The van der Waals surface area contributed by atoms with E-state index in [4.69, 9.17) is 10.9 Å². The molecule has 88 valence electrons. The van der Waals surface area contributed by atoms with Gasteiger partial charge in [-0.05, 0) is 13.8 Å². The highest BCUT2D eigenvalue weighted by Crippen LogP contribution is 2.17. The van der Waals surface area contributed by atoms with E-state index in [-0.39, 0.29) is 24.2 Å². The van der Waals surface area contributed by atoms with E-state index in [0.717, 1.165) is 10.7 Å². The van der Waals surface area contributed by atoms with E-state index >= 15 is 0 Å². The second-order valence-electron chi connectivity index (χ2n) is 3.38. The minimum Gasteiger partial charge on any atom is -0.409 e. The van der Waals surface area contributed by atoms with Crippen LogP contribution >= 0.6 is 11.3 Å². The maximum Gasteiger partial charge on any atom is 0.228 e. The van der Waals surface area contributed by atoms with Crippen LogP contribution in [0.15, 0.2) is 10.5 Å². The van der Waals surface area contributed by atoms with Gasteiger partial charge in [0.1, 0.15) is 10.8 Å². The topological polar surface area (TPSA) is 101 Å². The Morgan fingerprint density at radius 1 is 1.81 bits per heavy atom. The SMILES string of the molecule is Cc1csc(C(C)NC(=O)CC(N)=NO)n1. The zero-order chi connectivity index (χ0) is 12.1. The van der Waals surface area contributed by atoms with Gasteiger partial charge in [0.15, 0.2) is 0 Å². The zero-order valence-corrected chi connectivity index (χ0v) is 9.91. The molecule has 0 aliphatic carbocycles. The summed E-state index contributed by atoms with van der Waals surface area (Å²) < 4.78 is 0. The third-order valence-electron chi connectivity index (χ3n) is 1.85. The van der Waals surface area contributed by atoms with E-state index in [0.29, 0.717) is 0 Å². The van der Waals surface area contributed by atoms with E-state index in [9.17, 15) is 4.79 Å². The van der Waals surface area contributed by atoms with Gasteiger partial charge in [-0.3, -0.25) is 4.79 Å². The van der Waals surface area contributed by atoms with Gasteiger partial charge in [-0.1, -0.05) is 5.16 Å². The molecular weight excluding hydrogens is 228 g/mol. The van der Waals surface area contributed by atoms with Crippen molar-refractivity contribution in [3.8, 4) is 0 Å². The standard InChI is InChI=1S/C9H14N4O2S/c1-5-4-16-9(11-5)6(2)12-8(14)3-7(10)13-15/h4,6,15H,3H2,1-2H3,(H2,10,13)(H,12,14). The van der Waals surface area contributed by atoms with Crippen molar-refractivity contribution in [1.29, 1.82) is 0 Å². The Labute approximate surface area is 97.2 Å². The van der Waals surface area contributed by atoms with Crippen LogP contribution in [0, 0.1) is 6.92 Å². The molecule has 0 spiro atoms. The summed E-state index contributed by atoms with van der Waals surface area (Å²) in [6.45, 7) is 3.73. The Morgan fingerprint density at radius 2 is 2.50 bits per heavy atom. The predicted molar refractivity (Wildman–Crippen MR) is 61.4 cm³/mol. The normalized spacial score (nSPS) is 13.5. The van der Waals surface area contributed by atoms with Crippen molar-refractivity contribution in [2.24, 2.45) is 10.9 Å². The quantitative estimate of drug-likeness (QED) is 0.314. The van der Waals surface area contributed by atoms with Crippen LogP contribution in [-0.4, -0.2) is 21.9 Å². The number of amides is 1. The molecule has 0 aromatic carbocycles. The van der Waals surface area contributed by atoms with Crippen LogP contribution in [0.2, 0.25) is 0 Å². The minimum absolute atomic E-state index is 0.111. The summed E-state index contributed by atoms with van der Waals surface area (Å²) in [6.07, 6.45) is -0.120.